The van der Waals surface area contributed by atoms with Gasteiger partial charge in [-0.1, -0.05) is 56.3 Å². The Kier molecular flexibility index (Phi) is 6.15. The molecule has 5 nitrogen and oxygen atoms in total. The van der Waals surface area contributed by atoms with E-state index in [0.717, 1.165) is 30.8 Å². The topological polar surface area (TPSA) is 58.6 Å². The van der Waals surface area contributed by atoms with Gasteiger partial charge in [0.1, 0.15) is 0 Å². The van der Waals surface area contributed by atoms with Gasteiger partial charge in [0.15, 0.2) is 5.60 Å². The van der Waals surface area contributed by atoms with Crippen molar-refractivity contribution in [1.29, 1.82) is 0 Å². The van der Waals surface area contributed by atoms with E-state index in [4.69, 9.17) is 4.74 Å². The third-order valence-electron chi connectivity index (χ3n) is 5.41. The molecule has 1 aliphatic heterocycles. The summed E-state index contributed by atoms with van der Waals surface area (Å²) in [6.45, 7) is 9.17. The summed E-state index contributed by atoms with van der Waals surface area (Å²) in [5.74, 6) is -0.713. The molecule has 0 bridgehead atoms. The predicted molar refractivity (Wildman–Crippen MR) is 109 cm³/mol. The molecule has 2 aromatic rings. The summed E-state index contributed by atoms with van der Waals surface area (Å²) in [6.07, 6.45) is 0.377. The molecule has 0 aliphatic carbocycles. The van der Waals surface area contributed by atoms with Gasteiger partial charge in [-0.3, -0.25) is 9.69 Å². The summed E-state index contributed by atoms with van der Waals surface area (Å²) < 4.78 is 5.52. The van der Waals surface area contributed by atoms with Crippen LogP contribution >= 0.6 is 0 Å². The third-order valence-corrected chi connectivity index (χ3v) is 5.41. The summed E-state index contributed by atoms with van der Waals surface area (Å²) in [4.78, 5) is 27.5. The molecule has 28 heavy (non-hydrogen) atoms. The quantitative estimate of drug-likeness (QED) is 0.749. The number of hydrogen-bond acceptors (Lipinski definition) is 4. The number of fused-ring (bicyclic) bond motifs is 1. The zero-order valence-corrected chi connectivity index (χ0v) is 16.8. The summed E-state index contributed by atoms with van der Waals surface area (Å²) in [5, 5.41) is 2.98. The number of rotatable bonds is 7. The first kappa shape index (κ1) is 20.1. The van der Waals surface area contributed by atoms with E-state index in [1.807, 2.05) is 30.3 Å². The van der Waals surface area contributed by atoms with E-state index in [1.165, 1.54) is 5.56 Å². The third kappa shape index (κ3) is 4.25. The highest BCUT2D eigenvalue weighted by molar-refractivity contribution is 5.97. The van der Waals surface area contributed by atoms with Crippen LogP contribution in [-0.4, -0.2) is 35.5 Å². The molecule has 5 heteroatoms. The van der Waals surface area contributed by atoms with E-state index in [1.54, 1.807) is 19.1 Å². The number of carbonyl (C=O) groups excluding carboxylic acids is 2. The van der Waals surface area contributed by atoms with Gasteiger partial charge in [0.05, 0.1) is 5.56 Å². The number of carbonyl (C=O) groups is 2. The fourth-order valence-corrected chi connectivity index (χ4v) is 3.59. The van der Waals surface area contributed by atoms with E-state index in [2.05, 4.69) is 30.1 Å². The molecular formula is C23H28N2O3. The highest BCUT2D eigenvalue weighted by atomic mass is 16.6. The number of benzene rings is 2. The average molecular weight is 380 g/mol. The monoisotopic (exact) mass is 380 g/mol. The van der Waals surface area contributed by atoms with Crippen LogP contribution < -0.4 is 5.32 Å². The van der Waals surface area contributed by atoms with Gasteiger partial charge in [-0.25, -0.2) is 4.79 Å². The Morgan fingerprint density at radius 2 is 1.71 bits per heavy atom. The van der Waals surface area contributed by atoms with Crippen molar-refractivity contribution in [3.05, 3.63) is 70.8 Å². The van der Waals surface area contributed by atoms with Gasteiger partial charge in [-0.2, -0.15) is 0 Å². The molecule has 1 amide bonds. The van der Waals surface area contributed by atoms with E-state index in [0.29, 0.717) is 18.5 Å². The maximum Gasteiger partial charge on any atom is 0.339 e. The van der Waals surface area contributed by atoms with Crippen molar-refractivity contribution in [3.8, 4) is 0 Å². The average Bonchev–Trinajstić information content (AvgIpc) is 2.70. The normalized spacial score (nSPS) is 18.5. The minimum Gasteiger partial charge on any atom is -0.445 e. The van der Waals surface area contributed by atoms with Crippen LogP contribution in [0.2, 0.25) is 0 Å². The van der Waals surface area contributed by atoms with E-state index < -0.39 is 11.6 Å². The number of amides is 1. The molecule has 2 aromatic carbocycles. The van der Waals surface area contributed by atoms with Crippen LogP contribution in [0.3, 0.4) is 0 Å². The summed E-state index contributed by atoms with van der Waals surface area (Å²) in [6, 6.07) is 15.4. The van der Waals surface area contributed by atoms with Crippen molar-refractivity contribution in [3.63, 3.8) is 0 Å². The van der Waals surface area contributed by atoms with Crippen molar-refractivity contribution in [2.75, 3.05) is 13.1 Å². The predicted octanol–water partition coefficient (Wildman–Crippen LogP) is 3.32. The lowest BCUT2D eigenvalue weighted by Gasteiger charge is -2.33. The van der Waals surface area contributed by atoms with Gasteiger partial charge in [-0.15, -0.1) is 0 Å². The Hall–Kier alpha value is -2.66. The molecule has 0 fully saturated rings. The smallest absolute Gasteiger partial charge is 0.339 e. The molecule has 0 radical (unpaired) electrons. The highest BCUT2D eigenvalue weighted by Gasteiger charge is 2.42. The molecule has 1 atom stereocenters. The van der Waals surface area contributed by atoms with Crippen LogP contribution in [0.4, 0.5) is 0 Å². The van der Waals surface area contributed by atoms with E-state index in [-0.39, 0.29) is 5.91 Å². The molecule has 148 valence electrons. The summed E-state index contributed by atoms with van der Waals surface area (Å²) >= 11 is 0. The second-order valence-corrected chi connectivity index (χ2v) is 7.37. The van der Waals surface area contributed by atoms with Crippen LogP contribution in [0.5, 0.6) is 0 Å². The lowest BCUT2D eigenvalue weighted by Crippen LogP contribution is -2.51. The lowest BCUT2D eigenvalue weighted by molar-refractivity contribution is -0.140. The molecule has 1 aliphatic rings. The van der Waals surface area contributed by atoms with Gasteiger partial charge >= 0.3 is 5.97 Å². The highest BCUT2D eigenvalue weighted by Crippen LogP contribution is 2.28. The Bertz CT molecular complexity index is 860. The molecule has 0 aromatic heterocycles. The van der Waals surface area contributed by atoms with E-state index in [9.17, 15) is 9.59 Å². The maximum atomic E-state index is 12.9. The Morgan fingerprint density at radius 3 is 2.43 bits per heavy atom. The fraction of sp³-hybridized carbons (Fsp3) is 0.391. The van der Waals surface area contributed by atoms with Crippen molar-refractivity contribution in [2.24, 2.45) is 0 Å². The minimum absolute atomic E-state index is 0.270. The van der Waals surface area contributed by atoms with Crippen LogP contribution in [-0.2, 0) is 29.0 Å². The molecule has 1 unspecified atom stereocenters. The molecule has 3 rings (SSSR count). The van der Waals surface area contributed by atoms with Crippen molar-refractivity contribution in [2.45, 2.75) is 45.9 Å². The van der Waals surface area contributed by atoms with Gasteiger partial charge < -0.3 is 10.1 Å². The first-order chi connectivity index (χ1) is 13.5. The van der Waals surface area contributed by atoms with Gasteiger partial charge in [-0.05, 0) is 42.8 Å². The van der Waals surface area contributed by atoms with Crippen molar-refractivity contribution < 1.29 is 14.3 Å². The number of nitrogens with one attached hydrogen (secondary N) is 1. The van der Waals surface area contributed by atoms with Crippen LogP contribution in [0.15, 0.2) is 48.5 Å². The van der Waals surface area contributed by atoms with Crippen LogP contribution in [0.1, 0.15) is 47.8 Å². The second kappa shape index (κ2) is 8.57. The summed E-state index contributed by atoms with van der Waals surface area (Å²) in [7, 11) is 0. The number of ether oxygens (including phenoxy) is 1. The molecule has 0 spiro atoms. The minimum atomic E-state index is -1.20. The number of esters is 1. The number of nitrogens with zero attached hydrogens (tertiary/aromatic N) is 1. The Labute approximate surface area is 166 Å². The molecular weight excluding hydrogens is 352 g/mol. The van der Waals surface area contributed by atoms with Crippen molar-refractivity contribution in [1.82, 2.24) is 10.2 Å². The molecule has 0 saturated carbocycles. The van der Waals surface area contributed by atoms with E-state index >= 15 is 0 Å². The zero-order valence-electron chi connectivity index (χ0n) is 16.8. The summed E-state index contributed by atoms with van der Waals surface area (Å²) in [5.41, 5.74) is 2.46. The lowest BCUT2D eigenvalue weighted by atomic mass is 9.89. The number of hydrogen-bond donors (Lipinski definition) is 1. The molecule has 1 N–H and O–H groups in total. The van der Waals surface area contributed by atoms with Crippen molar-refractivity contribution >= 4 is 11.9 Å². The standard InChI is InChI=1S/C23H28N2O3/c1-4-25(5-2)16-19-12-7-6-11-18(19)15-24-22(27)23(3)14-17-10-8-9-13-20(17)21(26)28-23/h6-13H,4-5,14-16H2,1-3H3,(H,24,27). The second-order valence-electron chi connectivity index (χ2n) is 7.37. The largest absolute Gasteiger partial charge is 0.445 e. The SMILES string of the molecule is CCN(CC)Cc1ccccc1CNC(=O)C1(C)Cc2ccccc2C(=O)O1. The van der Waals surface area contributed by atoms with Crippen LogP contribution in [0, 0.1) is 0 Å². The first-order valence-electron chi connectivity index (χ1n) is 9.85. The Balaban J connectivity index is 1.70. The molecule has 0 saturated heterocycles. The van der Waals surface area contributed by atoms with Crippen LogP contribution in [0.25, 0.3) is 0 Å². The maximum absolute atomic E-state index is 12.9. The van der Waals surface area contributed by atoms with Gasteiger partial charge in [0.25, 0.3) is 5.91 Å². The number of cyclic esters (lactones) is 1. The molecule has 1 heterocycles. The van der Waals surface area contributed by atoms with Gasteiger partial charge in [0, 0.05) is 19.5 Å². The zero-order chi connectivity index (χ0) is 20.1. The Morgan fingerprint density at radius 1 is 1.07 bits per heavy atom. The fourth-order valence-electron chi connectivity index (χ4n) is 3.59. The van der Waals surface area contributed by atoms with Gasteiger partial charge in [0.2, 0.25) is 0 Å². The first-order valence-corrected chi connectivity index (χ1v) is 9.85.